The predicted molar refractivity (Wildman–Crippen MR) is 84.2 cm³/mol. The predicted octanol–water partition coefficient (Wildman–Crippen LogP) is 3.23. The van der Waals surface area contributed by atoms with E-state index in [-0.39, 0.29) is 18.0 Å². The van der Waals surface area contributed by atoms with E-state index in [1.54, 1.807) is 17.0 Å². The van der Waals surface area contributed by atoms with Gasteiger partial charge in [-0.2, -0.15) is 0 Å². The normalized spacial score (nSPS) is 18.6. The summed E-state index contributed by atoms with van der Waals surface area (Å²) in [5.74, 6) is -0.218. The maximum absolute atomic E-state index is 13.3. The fraction of sp³-hybridized carbons (Fsp3) is 0.588. The van der Waals surface area contributed by atoms with Crippen molar-refractivity contribution in [3.63, 3.8) is 0 Å². The number of ether oxygens (including phenoxy) is 1. The molecule has 1 unspecified atom stereocenters. The summed E-state index contributed by atoms with van der Waals surface area (Å²) in [5.41, 5.74) is 1.55. The first-order valence-electron chi connectivity index (χ1n) is 7.71. The lowest BCUT2D eigenvalue weighted by Gasteiger charge is -2.24. The molecular weight excluding hydrogens is 283 g/mol. The number of carbonyl (C=O) groups is 1. The van der Waals surface area contributed by atoms with Crippen molar-refractivity contribution in [3.05, 3.63) is 35.1 Å². The maximum atomic E-state index is 13.3. The third-order valence-electron chi connectivity index (χ3n) is 3.73. The maximum Gasteiger partial charge on any atom is 0.410 e. The van der Waals surface area contributed by atoms with Gasteiger partial charge in [0.1, 0.15) is 11.4 Å². The van der Waals surface area contributed by atoms with Gasteiger partial charge in [-0.3, -0.25) is 0 Å². The standard InChI is InChI=1S/C17H25FN2O2/c1-12-5-6-14(18)9-13(12)10-19-15-7-8-20(11-15)16(21)22-17(2,3)4/h5-6,9,15,19H,7-8,10-11H2,1-4H3. The van der Waals surface area contributed by atoms with Gasteiger partial charge in [0.05, 0.1) is 0 Å². The van der Waals surface area contributed by atoms with Gasteiger partial charge in [-0.25, -0.2) is 9.18 Å². The van der Waals surface area contributed by atoms with Gasteiger partial charge in [-0.05, 0) is 57.4 Å². The molecule has 1 N–H and O–H groups in total. The van der Waals surface area contributed by atoms with E-state index in [1.165, 1.54) is 6.07 Å². The molecule has 5 heteroatoms. The van der Waals surface area contributed by atoms with Crippen molar-refractivity contribution >= 4 is 6.09 Å². The monoisotopic (exact) mass is 308 g/mol. The van der Waals surface area contributed by atoms with Crippen LogP contribution in [0.4, 0.5) is 9.18 Å². The van der Waals surface area contributed by atoms with Crippen molar-refractivity contribution < 1.29 is 13.9 Å². The molecule has 1 amide bonds. The van der Waals surface area contributed by atoms with E-state index in [0.717, 1.165) is 17.5 Å². The molecule has 2 rings (SSSR count). The van der Waals surface area contributed by atoms with E-state index in [0.29, 0.717) is 19.6 Å². The molecule has 0 saturated carbocycles. The minimum atomic E-state index is -0.471. The highest BCUT2D eigenvalue weighted by Crippen LogP contribution is 2.16. The number of hydrogen-bond acceptors (Lipinski definition) is 3. The van der Waals surface area contributed by atoms with Crippen LogP contribution < -0.4 is 5.32 Å². The van der Waals surface area contributed by atoms with Crippen LogP contribution in [0.15, 0.2) is 18.2 Å². The quantitative estimate of drug-likeness (QED) is 0.932. The van der Waals surface area contributed by atoms with Crippen LogP contribution in [0.5, 0.6) is 0 Å². The zero-order valence-corrected chi connectivity index (χ0v) is 13.8. The van der Waals surface area contributed by atoms with E-state index >= 15 is 0 Å². The van der Waals surface area contributed by atoms with Crippen molar-refractivity contribution in [2.24, 2.45) is 0 Å². The number of hydrogen-bond donors (Lipinski definition) is 1. The molecule has 1 saturated heterocycles. The second-order valence-corrected chi connectivity index (χ2v) is 6.86. The number of rotatable bonds is 3. The molecule has 1 aliphatic rings. The Balaban J connectivity index is 1.84. The Morgan fingerprint density at radius 1 is 1.45 bits per heavy atom. The van der Waals surface area contributed by atoms with Crippen molar-refractivity contribution in [3.8, 4) is 0 Å². The summed E-state index contributed by atoms with van der Waals surface area (Å²) in [6.07, 6.45) is 0.617. The topological polar surface area (TPSA) is 41.6 Å². The number of benzene rings is 1. The molecule has 0 radical (unpaired) electrons. The average molecular weight is 308 g/mol. The van der Waals surface area contributed by atoms with Crippen molar-refractivity contribution in [2.75, 3.05) is 13.1 Å². The minimum Gasteiger partial charge on any atom is -0.444 e. The van der Waals surface area contributed by atoms with Crippen LogP contribution in [0, 0.1) is 12.7 Å². The number of likely N-dealkylation sites (tertiary alicyclic amines) is 1. The summed E-state index contributed by atoms with van der Waals surface area (Å²) in [6, 6.07) is 5.03. The first-order valence-corrected chi connectivity index (χ1v) is 7.71. The number of carbonyl (C=O) groups excluding carboxylic acids is 1. The molecular formula is C17H25FN2O2. The highest BCUT2D eigenvalue weighted by atomic mass is 19.1. The zero-order valence-electron chi connectivity index (χ0n) is 13.8. The fourth-order valence-corrected chi connectivity index (χ4v) is 2.50. The molecule has 122 valence electrons. The largest absolute Gasteiger partial charge is 0.444 e. The summed E-state index contributed by atoms with van der Waals surface area (Å²) >= 11 is 0. The molecule has 0 aliphatic carbocycles. The smallest absolute Gasteiger partial charge is 0.410 e. The Hall–Kier alpha value is -1.62. The summed E-state index contributed by atoms with van der Waals surface area (Å²) in [6.45, 7) is 9.49. The Morgan fingerprint density at radius 2 is 2.18 bits per heavy atom. The molecule has 4 nitrogen and oxygen atoms in total. The average Bonchev–Trinajstić information content (AvgIpc) is 2.87. The first-order chi connectivity index (χ1) is 10.2. The van der Waals surface area contributed by atoms with Gasteiger partial charge in [0.2, 0.25) is 0 Å². The molecule has 22 heavy (non-hydrogen) atoms. The van der Waals surface area contributed by atoms with Crippen molar-refractivity contribution in [2.45, 2.75) is 52.3 Å². The summed E-state index contributed by atoms with van der Waals surface area (Å²) in [5, 5.41) is 3.40. The van der Waals surface area contributed by atoms with Gasteiger partial charge in [-0.1, -0.05) is 6.07 Å². The second-order valence-electron chi connectivity index (χ2n) is 6.86. The van der Waals surface area contributed by atoms with Crippen LogP contribution in [0.3, 0.4) is 0 Å². The SMILES string of the molecule is Cc1ccc(F)cc1CNC1CCN(C(=O)OC(C)(C)C)C1. The summed E-state index contributed by atoms with van der Waals surface area (Å²) in [7, 11) is 0. The Kier molecular flexibility index (Phi) is 5.06. The van der Waals surface area contributed by atoms with Crippen LogP contribution in [0.2, 0.25) is 0 Å². The van der Waals surface area contributed by atoms with Crippen LogP contribution >= 0.6 is 0 Å². The summed E-state index contributed by atoms with van der Waals surface area (Å²) in [4.78, 5) is 13.7. The lowest BCUT2D eigenvalue weighted by molar-refractivity contribution is 0.0291. The van der Waals surface area contributed by atoms with Gasteiger partial charge in [0.25, 0.3) is 0 Å². The van der Waals surface area contributed by atoms with Gasteiger partial charge in [0.15, 0.2) is 0 Å². The highest BCUT2D eigenvalue weighted by Gasteiger charge is 2.29. The molecule has 0 aromatic heterocycles. The van der Waals surface area contributed by atoms with E-state index in [1.807, 2.05) is 27.7 Å². The highest BCUT2D eigenvalue weighted by molar-refractivity contribution is 5.68. The Labute approximate surface area is 131 Å². The van der Waals surface area contributed by atoms with Crippen molar-refractivity contribution in [1.82, 2.24) is 10.2 Å². The molecule has 1 aromatic rings. The van der Waals surface area contributed by atoms with E-state index in [2.05, 4.69) is 5.32 Å². The van der Waals surface area contributed by atoms with Crippen LogP contribution in [0.25, 0.3) is 0 Å². The van der Waals surface area contributed by atoms with Crippen LogP contribution in [-0.4, -0.2) is 35.7 Å². The second kappa shape index (κ2) is 6.65. The molecule has 1 heterocycles. The van der Waals surface area contributed by atoms with Gasteiger partial charge in [0, 0.05) is 25.7 Å². The Morgan fingerprint density at radius 3 is 2.86 bits per heavy atom. The fourth-order valence-electron chi connectivity index (χ4n) is 2.50. The lowest BCUT2D eigenvalue weighted by atomic mass is 10.1. The van der Waals surface area contributed by atoms with Crippen LogP contribution in [-0.2, 0) is 11.3 Å². The first kappa shape index (κ1) is 16.7. The Bertz CT molecular complexity index is 540. The van der Waals surface area contributed by atoms with Gasteiger partial charge < -0.3 is 15.0 Å². The van der Waals surface area contributed by atoms with Gasteiger partial charge in [-0.15, -0.1) is 0 Å². The number of nitrogens with one attached hydrogen (secondary N) is 1. The lowest BCUT2D eigenvalue weighted by Crippen LogP contribution is -2.38. The molecule has 1 fully saturated rings. The van der Waals surface area contributed by atoms with E-state index < -0.39 is 5.60 Å². The number of aryl methyl sites for hydroxylation is 1. The van der Waals surface area contributed by atoms with E-state index in [4.69, 9.17) is 4.74 Å². The molecule has 1 atom stereocenters. The zero-order chi connectivity index (χ0) is 16.3. The molecule has 0 spiro atoms. The summed E-state index contributed by atoms with van der Waals surface area (Å²) < 4.78 is 18.7. The van der Waals surface area contributed by atoms with Crippen molar-refractivity contribution in [1.29, 1.82) is 0 Å². The molecule has 1 aliphatic heterocycles. The van der Waals surface area contributed by atoms with Crippen LogP contribution in [0.1, 0.15) is 38.3 Å². The van der Waals surface area contributed by atoms with Gasteiger partial charge >= 0.3 is 6.09 Å². The number of amides is 1. The third-order valence-corrected chi connectivity index (χ3v) is 3.73. The minimum absolute atomic E-state index is 0.218. The number of halogens is 1. The van der Waals surface area contributed by atoms with E-state index in [9.17, 15) is 9.18 Å². The number of nitrogens with zero attached hydrogens (tertiary/aromatic N) is 1. The molecule has 1 aromatic carbocycles. The third kappa shape index (κ3) is 4.70. The molecule has 0 bridgehead atoms.